The van der Waals surface area contributed by atoms with Crippen LogP contribution in [-0.4, -0.2) is 17.5 Å². The van der Waals surface area contributed by atoms with Crippen LogP contribution in [0.4, 0.5) is 5.69 Å². The molecule has 5 atom stereocenters. The lowest BCUT2D eigenvalue weighted by molar-refractivity contribution is -0.122. The highest BCUT2D eigenvalue weighted by atomic mass is 16.2. The number of hydrogen-bond acceptors (Lipinski definition) is 4. The van der Waals surface area contributed by atoms with Gasteiger partial charge in [-0.1, -0.05) is 66.7 Å². The van der Waals surface area contributed by atoms with Crippen LogP contribution in [0, 0.1) is 29.1 Å². The minimum atomic E-state index is -1.24. The number of nitrogens with zero attached hydrogens (tertiary/aromatic N) is 1. The second-order valence-electron chi connectivity index (χ2n) is 9.15. The van der Waals surface area contributed by atoms with E-state index in [1.165, 1.54) is 0 Å². The molecule has 0 radical (unpaired) electrons. The van der Waals surface area contributed by atoms with Gasteiger partial charge in [-0.3, -0.25) is 14.4 Å². The van der Waals surface area contributed by atoms with E-state index in [0.29, 0.717) is 16.8 Å². The number of nitrogens with one attached hydrogen (secondary N) is 1. The van der Waals surface area contributed by atoms with Crippen LogP contribution >= 0.6 is 0 Å². The molecule has 1 N–H and O–H groups in total. The summed E-state index contributed by atoms with van der Waals surface area (Å²) in [5, 5.41) is 12.3. The predicted molar refractivity (Wildman–Crippen MR) is 126 cm³/mol. The van der Waals surface area contributed by atoms with E-state index in [-0.39, 0.29) is 17.5 Å². The molecule has 5 nitrogen and oxygen atoms in total. The number of fused-ring (bicyclic) bond motifs is 3. The number of amides is 1. The molecule has 0 saturated heterocycles. The van der Waals surface area contributed by atoms with Crippen LogP contribution in [0.5, 0.6) is 0 Å². The van der Waals surface area contributed by atoms with Gasteiger partial charge in [0.15, 0.2) is 11.6 Å². The largest absolute Gasteiger partial charge is 0.325 e. The van der Waals surface area contributed by atoms with Gasteiger partial charge >= 0.3 is 0 Å². The molecular weight excluding hydrogens is 424 g/mol. The maximum Gasteiger partial charge on any atom is 0.236 e. The Morgan fingerprint density at radius 1 is 0.912 bits per heavy atom. The fourth-order valence-corrected chi connectivity index (χ4v) is 6.43. The van der Waals surface area contributed by atoms with Gasteiger partial charge in [-0.05, 0) is 41.3 Å². The highest BCUT2D eigenvalue weighted by Gasteiger charge is 2.71. The molecule has 5 heteroatoms. The van der Waals surface area contributed by atoms with Gasteiger partial charge in [-0.15, -0.1) is 0 Å². The number of hydrogen-bond donors (Lipinski definition) is 1. The Kier molecular flexibility index (Phi) is 4.40. The summed E-state index contributed by atoms with van der Waals surface area (Å²) in [7, 11) is 0. The van der Waals surface area contributed by atoms with Gasteiger partial charge in [0.25, 0.3) is 0 Å². The monoisotopic (exact) mass is 444 g/mol. The molecule has 1 fully saturated rings. The molecule has 3 aromatic rings. The lowest BCUT2D eigenvalue weighted by Crippen LogP contribution is -2.47. The van der Waals surface area contributed by atoms with Crippen molar-refractivity contribution in [2.75, 3.05) is 5.32 Å². The number of carbonyl (C=O) groups excluding carboxylic acids is 3. The Bertz CT molecular complexity index is 1420. The highest BCUT2D eigenvalue weighted by molar-refractivity contribution is 6.15. The molecule has 6 rings (SSSR count). The standard InChI is InChI=1S/C29H20N2O3/c30-16-17-10-12-18(13-11-17)25-24-20(14-15-23(24)32)26(27(33)19-6-2-1-3-7-19)29(25)21-8-4-5-9-22(21)31-28(29)34/h1-15,20,24-26H,(H,31,34)/t20-,24-,25-,26-,29+/m1/s1. The smallest absolute Gasteiger partial charge is 0.236 e. The van der Waals surface area contributed by atoms with E-state index in [2.05, 4.69) is 11.4 Å². The van der Waals surface area contributed by atoms with Gasteiger partial charge < -0.3 is 5.32 Å². The summed E-state index contributed by atoms with van der Waals surface area (Å²) in [5.74, 6) is -2.70. The lowest BCUT2D eigenvalue weighted by atomic mass is 9.62. The molecule has 0 unspecified atom stereocenters. The summed E-state index contributed by atoms with van der Waals surface area (Å²) in [6.07, 6.45) is 3.38. The number of ketones is 2. The average Bonchev–Trinajstić information content (AvgIpc) is 3.49. The predicted octanol–water partition coefficient (Wildman–Crippen LogP) is 4.42. The molecule has 34 heavy (non-hydrogen) atoms. The summed E-state index contributed by atoms with van der Waals surface area (Å²) in [5.41, 5.74) is 1.98. The van der Waals surface area contributed by atoms with E-state index in [1.807, 2.05) is 60.7 Å². The number of para-hydroxylation sites is 1. The average molecular weight is 444 g/mol. The number of nitriles is 1. The molecule has 2 aliphatic carbocycles. The van der Waals surface area contributed by atoms with Crippen LogP contribution in [-0.2, 0) is 15.0 Å². The third-order valence-corrected chi connectivity index (χ3v) is 7.69. The Balaban J connectivity index is 1.65. The van der Waals surface area contributed by atoms with Crippen molar-refractivity contribution in [1.29, 1.82) is 5.26 Å². The minimum Gasteiger partial charge on any atom is -0.325 e. The van der Waals surface area contributed by atoms with E-state index >= 15 is 0 Å². The van der Waals surface area contributed by atoms with Crippen LogP contribution in [0.15, 0.2) is 91.0 Å². The Hall–Kier alpha value is -4.30. The van der Waals surface area contributed by atoms with Crippen molar-refractivity contribution in [2.45, 2.75) is 11.3 Å². The number of allylic oxidation sites excluding steroid dienone is 2. The van der Waals surface area contributed by atoms with Crippen molar-refractivity contribution in [1.82, 2.24) is 0 Å². The van der Waals surface area contributed by atoms with Gasteiger partial charge in [-0.2, -0.15) is 5.26 Å². The Labute approximate surface area is 196 Å². The quantitative estimate of drug-likeness (QED) is 0.606. The Morgan fingerprint density at radius 3 is 2.35 bits per heavy atom. The number of carbonyl (C=O) groups is 3. The molecule has 164 valence electrons. The summed E-state index contributed by atoms with van der Waals surface area (Å²) >= 11 is 0. The van der Waals surface area contributed by atoms with Gasteiger partial charge in [0.1, 0.15) is 0 Å². The van der Waals surface area contributed by atoms with E-state index < -0.39 is 29.1 Å². The third-order valence-electron chi connectivity index (χ3n) is 7.69. The lowest BCUT2D eigenvalue weighted by Gasteiger charge is -2.36. The van der Waals surface area contributed by atoms with Crippen molar-refractivity contribution in [3.8, 4) is 6.07 Å². The maximum atomic E-state index is 14.1. The number of benzene rings is 3. The minimum absolute atomic E-state index is 0.0701. The first-order valence-corrected chi connectivity index (χ1v) is 11.3. The van der Waals surface area contributed by atoms with Gasteiger partial charge in [0, 0.05) is 29.0 Å². The molecule has 1 amide bonds. The summed E-state index contributed by atoms with van der Waals surface area (Å²) in [4.78, 5) is 41.4. The molecule has 3 aliphatic rings. The van der Waals surface area contributed by atoms with Gasteiger partial charge in [0.2, 0.25) is 5.91 Å². The molecular formula is C29H20N2O3. The van der Waals surface area contributed by atoms with Crippen molar-refractivity contribution in [3.63, 3.8) is 0 Å². The first kappa shape index (κ1) is 20.3. The third kappa shape index (κ3) is 2.57. The summed E-state index contributed by atoms with van der Waals surface area (Å²) in [6.45, 7) is 0. The molecule has 1 spiro atoms. The van der Waals surface area contributed by atoms with Crippen molar-refractivity contribution < 1.29 is 14.4 Å². The molecule has 1 heterocycles. The zero-order valence-electron chi connectivity index (χ0n) is 18.1. The van der Waals surface area contributed by atoms with E-state index in [9.17, 15) is 19.6 Å². The van der Waals surface area contributed by atoms with Crippen LogP contribution in [0.2, 0.25) is 0 Å². The van der Waals surface area contributed by atoms with Gasteiger partial charge in [-0.25, -0.2) is 0 Å². The number of Topliss-reactive ketones (excluding diaryl/α,β-unsaturated/α-hetero) is 1. The second kappa shape index (κ2) is 7.36. The Morgan fingerprint density at radius 2 is 1.62 bits per heavy atom. The zero-order valence-corrected chi connectivity index (χ0v) is 18.1. The van der Waals surface area contributed by atoms with Crippen LogP contribution in [0.1, 0.15) is 33.0 Å². The van der Waals surface area contributed by atoms with Crippen molar-refractivity contribution in [2.24, 2.45) is 17.8 Å². The number of rotatable bonds is 3. The normalized spacial score (nSPS) is 28.4. The summed E-state index contributed by atoms with van der Waals surface area (Å²) in [6, 6.07) is 25.6. The van der Waals surface area contributed by atoms with E-state index in [4.69, 9.17) is 0 Å². The van der Waals surface area contributed by atoms with Crippen molar-refractivity contribution in [3.05, 3.63) is 113 Å². The molecule has 0 aromatic heterocycles. The highest BCUT2D eigenvalue weighted by Crippen LogP contribution is 2.65. The SMILES string of the molecule is N#Cc1ccc([C@@H]2[C@H]3C(=O)C=C[C@H]3[C@H](C(=O)c3ccccc3)[C@@]23C(=O)Nc2ccccc23)cc1. The fraction of sp³-hybridized carbons (Fsp3) is 0.172. The van der Waals surface area contributed by atoms with E-state index in [1.54, 1.807) is 30.3 Å². The van der Waals surface area contributed by atoms with E-state index in [0.717, 1.165) is 11.1 Å². The first-order valence-electron chi connectivity index (χ1n) is 11.3. The van der Waals surface area contributed by atoms with Crippen LogP contribution in [0.25, 0.3) is 0 Å². The van der Waals surface area contributed by atoms with Gasteiger partial charge in [0.05, 0.1) is 17.0 Å². The molecule has 1 aliphatic heterocycles. The zero-order chi connectivity index (χ0) is 23.4. The fourth-order valence-electron chi connectivity index (χ4n) is 6.43. The van der Waals surface area contributed by atoms with Crippen LogP contribution in [0.3, 0.4) is 0 Å². The topological polar surface area (TPSA) is 87.0 Å². The number of anilines is 1. The molecule has 0 bridgehead atoms. The first-order chi connectivity index (χ1) is 16.6. The molecule has 1 saturated carbocycles. The second-order valence-corrected chi connectivity index (χ2v) is 9.15. The molecule has 3 aromatic carbocycles. The van der Waals surface area contributed by atoms with Crippen molar-refractivity contribution >= 4 is 23.2 Å². The summed E-state index contributed by atoms with van der Waals surface area (Å²) < 4.78 is 0. The maximum absolute atomic E-state index is 14.1. The van der Waals surface area contributed by atoms with Crippen LogP contribution < -0.4 is 5.32 Å².